The van der Waals surface area contributed by atoms with Crippen molar-refractivity contribution in [2.75, 3.05) is 25.3 Å². The van der Waals surface area contributed by atoms with Crippen molar-refractivity contribution in [3.8, 4) is 32.6 Å². The van der Waals surface area contributed by atoms with Crippen LogP contribution in [0.4, 0.5) is 5.69 Å². The van der Waals surface area contributed by atoms with Crippen molar-refractivity contribution >= 4 is 34.7 Å². The second-order valence-corrected chi connectivity index (χ2v) is 8.98. The van der Waals surface area contributed by atoms with Gasteiger partial charge < -0.3 is 14.8 Å². The summed E-state index contributed by atoms with van der Waals surface area (Å²) in [5, 5.41) is 13.1. The molecule has 33 heavy (non-hydrogen) atoms. The number of carbonyl (C=O) groups excluding carboxylic acids is 1. The highest BCUT2D eigenvalue weighted by molar-refractivity contribution is 7.99. The number of hydrogen-bond acceptors (Lipinski definition) is 8. The van der Waals surface area contributed by atoms with Crippen LogP contribution in [0.25, 0.3) is 21.1 Å². The van der Waals surface area contributed by atoms with Gasteiger partial charge in [-0.1, -0.05) is 17.8 Å². The predicted molar refractivity (Wildman–Crippen MR) is 132 cm³/mol. The Kier molecular flexibility index (Phi) is 7.21. The second kappa shape index (κ2) is 10.5. The minimum atomic E-state index is -0.124. The third kappa shape index (κ3) is 5.68. The van der Waals surface area contributed by atoms with Crippen LogP contribution in [-0.2, 0) is 4.79 Å². The summed E-state index contributed by atoms with van der Waals surface area (Å²) < 4.78 is 10.4. The average Bonchev–Trinajstić information content (AvgIpc) is 3.24. The number of thiazole rings is 1. The molecule has 4 rings (SSSR count). The van der Waals surface area contributed by atoms with Gasteiger partial charge in [-0.15, -0.1) is 21.5 Å². The highest BCUT2D eigenvalue weighted by Crippen LogP contribution is 2.35. The van der Waals surface area contributed by atoms with Gasteiger partial charge in [-0.2, -0.15) is 0 Å². The fourth-order valence-corrected chi connectivity index (χ4v) is 4.70. The Hall–Kier alpha value is -3.43. The van der Waals surface area contributed by atoms with Gasteiger partial charge in [0.05, 0.1) is 30.5 Å². The number of nitrogens with zero attached hydrogens (tertiary/aromatic N) is 3. The summed E-state index contributed by atoms with van der Waals surface area (Å²) in [7, 11) is 3.24. The first-order valence-corrected chi connectivity index (χ1v) is 11.9. The molecule has 168 valence electrons. The topological polar surface area (TPSA) is 86.2 Å². The molecule has 0 aliphatic heterocycles. The van der Waals surface area contributed by atoms with E-state index in [9.17, 15) is 4.79 Å². The molecule has 2 aromatic carbocycles. The lowest BCUT2D eigenvalue weighted by Gasteiger charge is -2.06. The zero-order chi connectivity index (χ0) is 23.2. The second-order valence-electron chi connectivity index (χ2n) is 6.99. The molecule has 0 unspecified atom stereocenters. The number of aromatic nitrogens is 3. The van der Waals surface area contributed by atoms with Gasteiger partial charge in [-0.25, -0.2) is 4.98 Å². The van der Waals surface area contributed by atoms with E-state index in [1.54, 1.807) is 31.6 Å². The Morgan fingerprint density at radius 1 is 1.00 bits per heavy atom. The van der Waals surface area contributed by atoms with E-state index in [1.165, 1.54) is 11.8 Å². The summed E-state index contributed by atoms with van der Waals surface area (Å²) in [5.74, 6) is 1.60. The molecule has 2 heterocycles. The van der Waals surface area contributed by atoms with Crippen LogP contribution in [0.1, 0.15) is 5.69 Å². The molecule has 0 atom stereocenters. The highest BCUT2D eigenvalue weighted by Gasteiger charge is 2.14. The van der Waals surface area contributed by atoms with E-state index >= 15 is 0 Å². The van der Waals surface area contributed by atoms with Crippen LogP contribution < -0.4 is 14.8 Å². The first kappa shape index (κ1) is 22.8. The van der Waals surface area contributed by atoms with Gasteiger partial charge in [-0.3, -0.25) is 4.79 Å². The van der Waals surface area contributed by atoms with E-state index in [2.05, 4.69) is 20.5 Å². The minimum absolute atomic E-state index is 0.124. The molecule has 4 aromatic rings. The number of carbonyl (C=O) groups is 1. The lowest BCUT2D eigenvalue weighted by atomic mass is 10.2. The molecule has 0 spiro atoms. The standard InChI is InChI=1S/C24H22N4O3S2/c1-15-23(33-24(25-15)16-7-9-18(30-2)10-8-16)20-11-12-22(28-27-20)32-14-21(29)26-17-5-4-6-19(13-17)31-3/h4-13H,14H2,1-3H3,(H,26,29). The number of hydrogen-bond donors (Lipinski definition) is 1. The van der Waals surface area contributed by atoms with Gasteiger partial charge >= 0.3 is 0 Å². The van der Waals surface area contributed by atoms with Crippen molar-refractivity contribution in [3.63, 3.8) is 0 Å². The largest absolute Gasteiger partial charge is 0.497 e. The van der Waals surface area contributed by atoms with Gasteiger partial charge in [-0.05, 0) is 55.5 Å². The van der Waals surface area contributed by atoms with Crippen LogP contribution in [-0.4, -0.2) is 41.1 Å². The maximum atomic E-state index is 12.3. The summed E-state index contributed by atoms with van der Waals surface area (Å²) in [5.41, 5.74) is 3.38. The van der Waals surface area contributed by atoms with Gasteiger partial charge in [0.1, 0.15) is 27.2 Å². The monoisotopic (exact) mass is 478 g/mol. The molecule has 9 heteroatoms. The molecule has 0 saturated heterocycles. The third-order valence-electron chi connectivity index (χ3n) is 4.71. The summed E-state index contributed by atoms with van der Waals surface area (Å²) in [4.78, 5) is 17.9. The SMILES string of the molecule is COc1ccc(-c2nc(C)c(-c3ccc(SCC(=O)Nc4cccc(OC)c4)nn3)s2)cc1. The number of benzene rings is 2. The summed E-state index contributed by atoms with van der Waals surface area (Å²) in [6, 6.07) is 18.8. The molecule has 0 aliphatic rings. The fraction of sp³-hybridized carbons (Fsp3) is 0.167. The number of thioether (sulfide) groups is 1. The van der Waals surface area contributed by atoms with E-state index in [0.29, 0.717) is 16.5 Å². The van der Waals surface area contributed by atoms with Gasteiger partial charge in [0.25, 0.3) is 0 Å². The molecule has 1 amide bonds. The van der Waals surface area contributed by atoms with E-state index < -0.39 is 0 Å². The van der Waals surface area contributed by atoms with Gasteiger partial charge in [0, 0.05) is 17.3 Å². The Bertz CT molecular complexity index is 1240. The van der Waals surface area contributed by atoms with Crippen molar-refractivity contribution in [2.45, 2.75) is 11.9 Å². The van der Waals surface area contributed by atoms with Crippen molar-refractivity contribution in [2.24, 2.45) is 0 Å². The minimum Gasteiger partial charge on any atom is -0.497 e. The first-order valence-electron chi connectivity index (χ1n) is 10.1. The van der Waals surface area contributed by atoms with E-state index in [0.717, 1.165) is 32.6 Å². The van der Waals surface area contributed by atoms with E-state index in [1.807, 2.05) is 61.5 Å². The number of ether oxygens (including phenoxy) is 2. The molecule has 0 saturated carbocycles. The normalized spacial score (nSPS) is 10.6. The predicted octanol–water partition coefficient (Wildman–Crippen LogP) is 5.32. The zero-order valence-corrected chi connectivity index (χ0v) is 20.0. The quantitative estimate of drug-likeness (QED) is 0.343. The van der Waals surface area contributed by atoms with Crippen molar-refractivity contribution in [1.82, 2.24) is 15.2 Å². The number of aryl methyl sites for hydroxylation is 1. The van der Waals surface area contributed by atoms with Crippen molar-refractivity contribution in [1.29, 1.82) is 0 Å². The first-order chi connectivity index (χ1) is 16.1. The van der Waals surface area contributed by atoms with Crippen molar-refractivity contribution < 1.29 is 14.3 Å². The molecule has 7 nitrogen and oxygen atoms in total. The zero-order valence-electron chi connectivity index (χ0n) is 18.4. The van der Waals surface area contributed by atoms with Gasteiger partial charge in [0.15, 0.2) is 0 Å². The van der Waals surface area contributed by atoms with Crippen LogP contribution >= 0.6 is 23.1 Å². The lowest BCUT2D eigenvalue weighted by molar-refractivity contribution is -0.113. The summed E-state index contributed by atoms with van der Waals surface area (Å²) >= 11 is 2.90. The molecule has 2 aromatic heterocycles. The fourth-order valence-electron chi connectivity index (χ4n) is 3.05. The number of amides is 1. The number of rotatable bonds is 8. The summed E-state index contributed by atoms with van der Waals surface area (Å²) in [6.07, 6.45) is 0. The highest BCUT2D eigenvalue weighted by atomic mass is 32.2. The van der Waals surface area contributed by atoms with Crippen molar-refractivity contribution in [3.05, 3.63) is 66.4 Å². The van der Waals surface area contributed by atoms with E-state index in [4.69, 9.17) is 9.47 Å². The Balaban J connectivity index is 1.39. The number of nitrogens with one attached hydrogen (secondary N) is 1. The smallest absolute Gasteiger partial charge is 0.234 e. The molecular formula is C24H22N4O3S2. The third-order valence-corrected chi connectivity index (χ3v) is 6.86. The lowest BCUT2D eigenvalue weighted by Crippen LogP contribution is -2.14. The van der Waals surface area contributed by atoms with Crippen LogP contribution in [0.5, 0.6) is 11.5 Å². The maximum absolute atomic E-state index is 12.3. The molecule has 0 aliphatic carbocycles. The Morgan fingerprint density at radius 3 is 2.48 bits per heavy atom. The average molecular weight is 479 g/mol. The molecule has 1 N–H and O–H groups in total. The van der Waals surface area contributed by atoms with Crippen LogP contribution in [0, 0.1) is 6.92 Å². The van der Waals surface area contributed by atoms with Gasteiger partial charge in [0.2, 0.25) is 5.91 Å². The summed E-state index contributed by atoms with van der Waals surface area (Å²) in [6.45, 7) is 1.96. The van der Waals surface area contributed by atoms with Crippen LogP contribution in [0.2, 0.25) is 0 Å². The van der Waals surface area contributed by atoms with E-state index in [-0.39, 0.29) is 11.7 Å². The molecular weight excluding hydrogens is 456 g/mol. The molecule has 0 fully saturated rings. The number of methoxy groups -OCH3 is 2. The molecule has 0 radical (unpaired) electrons. The molecule has 0 bridgehead atoms. The Labute approximate surface area is 200 Å². The maximum Gasteiger partial charge on any atom is 0.234 e. The van der Waals surface area contributed by atoms with Crippen LogP contribution in [0.3, 0.4) is 0 Å². The Morgan fingerprint density at radius 2 is 1.79 bits per heavy atom. The number of anilines is 1. The van der Waals surface area contributed by atoms with Crippen LogP contribution in [0.15, 0.2) is 65.7 Å².